The van der Waals surface area contributed by atoms with Crippen molar-refractivity contribution in [1.82, 2.24) is 5.32 Å². The van der Waals surface area contributed by atoms with Gasteiger partial charge in [0.1, 0.15) is 11.4 Å². The Hall–Kier alpha value is -1.26. The van der Waals surface area contributed by atoms with Gasteiger partial charge < -0.3 is 9.47 Å². The van der Waals surface area contributed by atoms with Crippen molar-refractivity contribution in [1.29, 1.82) is 0 Å². The molecule has 5 heteroatoms. The fourth-order valence-electron chi connectivity index (χ4n) is 2.61. The summed E-state index contributed by atoms with van der Waals surface area (Å²) in [6, 6.07) is 15.4. The van der Waals surface area contributed by atoms with Crippen LogP contribution in [0.15, 0.2) is 48.5 Å². The standard InChI is InChI=1S/C17H17Cl2NO2/c18-15-7-6-13(10-16(15)19)17(11-20-12-22-17)8-9-21-14-4-2-1-3-5-14/h1-7,10,20H,8-9,11-12H2. The fraction of sp³-hybridized carbons (Fsp3) is 0.294. The maximum Gasteiger partial charge on any atom is 0.119 e. The molecule has 2 aromatic carbocycles. The van der Waals surface area contributed by atoms with Crippen LogP contribution in [0.2, 0.25) is 10.0 Å². The zero-order valence-corrected chi connectivity index (χ0v) is 13.5. The monoisotopic (exact) mass is 337 g/mol. The Labute approximate surface area is 140 Å². The van der Waals surface area contributed by atoms with Gasteiger partial charge in [0, 0.05) is 13.0 Å². The lowest BCUT2D eigenvalue weighted by molar-refractivity contribution is -0.00912. The van der Waals surface area contributed by atoms with Gasteiger partial charge >= 0.3 is 0 Å². The molecule has 0 saturated carbocycles. The molecule has 0 radical (unpaired) electrons. The first-order chi connectivity index (χ1) is 10.7. The molecule has 1 fully saturated rings. The molecule has 0 spiro atoms. The zero-order valence-electron chi connectivity index (χ0n) is 12.0. The van der Waals surface area contributed by atoms with Crippen molar-refractivity contribution in [3.63, 3.8) is 0 Å². The molecular weight excluding hydrogens is 321 g/mol. The molecule has 22 heavy (non-hydrogen) atoms. The van der Waals surface area contributed by atoms with Gasteiger partial charge in [0.25, 0.3) is 0 Å². The van der Waals surface area contributed by atoms with Gasteiger partial charge in [-0.25, -0.2) is 0 Å². The Balaban J connectivity index is 1.72. The summed E-state index contributed by atoms with van der Waals surface area (Å²) in [4.78, 5) is 0. The highest BCUT2D eigenvalue weighted by Crippen LogP contribution is 2.35. The SMILES string of the molecule is Clc1ccc(C2(CCOc3ccccc3)CNCO2)cc1Cl. The van der Waals surface area contributed by atoms with Crippen molar-refractivity contribution in [3.05, 3.63) is 64.1 Å². The Morgan fingerprint density at radius 1 is 1.09 bits per heavy atom. The van der Waals surface area contributed by atoms with Crippen molar-refractivity contribution in [2.45, 2.75) is 12.0 Å². The molecule has 0 aliphatic carbocycles. The topological polar surface area (TPSA) is 30.5 Å². The molecule has 0 aromatic heterocycles. The third-order valence-electron chi connectivity index (χ3n) is 3.82. The van der Waals surface area contributed by atoms with Crippen molar-refractivity contribution in [3.8, 4) is 5.75 Å². The second-order valence-electron chi connectivity index (χ2n) is 5.25. The highest BCUT2D eigenvalue weighted by Gasteiger charge is 2.37. The van der Waals surface area contributed by atoms with Gasteiger partial charge in [0.2, 0.25) is 0 Å². The molecule has 116 valence electrons. The van der Waals surface area contributed by atoms with Crippen LogP contribution in [-0.4, -0.2) is 19.9 Å². The van der Waals surface area contributed by atoms with Gasteiger partial charge in [-0.1, -0.05) is 47.5 Å². The predicted molar refractivity (Wildman–Crippen MR) is 88.6 cm³/mol. The summed E-state index contributed by atoms with van der Waals surface area (Å²) >= 11 is 12.1. The summed E-state index contributed by atoms with van der Waals surface area (Å²) in [6.45, 7) is 1.81. The van der Waals surface area contributed by atoms with Crippen molar-refractivity contribution in [2.75, 3.05) is 19.9 Å². The minimum Gasteiger partial charge on any atom is -0.493 e. The minimum absolute atomic E-state index is 0.428. The van der Waals surface area contributed by atoms with E-state index >= 15 is 0 Å². The molecule has 0 amide bonds. The van der Waals surface area contributed by atoms with E-state index < -0.39 is 5.60 Å². The average Bonchev–Trinajstić information content (AvgIpc) is 3.01. The Morgan fingerprint density at radius 2 is 1.91 bits per heavy atom. The fourth-order valence-corrected chi connectivity index (χ4v) is 2.91. The largest absolute Gasteiger partial charge is 0.493 e. The average molecular weight is 338 g/mol. The Kier molecular flexibility index (Phi) is 4.89. The van der Waals surface area contributed by atoms with Crippen LogP contribution in [0.4, 0.5) is 0 Å². The Morgan fingerprint density at radius 3 is 2.59 bits per heavy atom. The summed E-state index contributed by atoms with van der Waals surface area (Å²) in [5.41, 5.74) is 0.590. The predicted octanol–water partition coefficient (Wildman–Crippen LogP) is 4.24. The molecule has 2 aromatic rings. The van der Waals surface area contributed by atoms with E-state index in [0.717, 1.165) is 24.3 Å². The Bertz CT molecular complexity index is 628. The van der Waals surface area contributed by atoms with E-state index in [9.17, 15) is 0 Å². The normalized spacial score (nSPS) is 21.0. The number of para-hydroxylation sites is 1. The second-order valence-corrected chi connectivity index (χ2v) is 6.06. The van der Waals surface area contributed by atoms with Crippen LogP contribution >= 0.6 is 23.2 Å². The highest BCUT2D eigenvalue weighted by molar-refractivity contribution is 6.42. The number of hydrogen-bond donors (Lipinski definition) is 1. The zero-order chi connectivity index (χ0) is 15.4. The van der Waals surface area contributed by atoms with Gasteiger partial charge in [-0.2, -0.15) is 0 Å². The molecular formula is C17H17Cl2NO2. The molecule has 1 aliphatic rings. The third-order valence-corrected chi connectivity index (χ3v) is 4.56. The molecule has 0 bridgehead atoms. The van der Waals surface area contributed by atoms with Crippen molar-refractivity contribution in [2.24, 2.45) is 0 Å². The maximum absolute atomic E-state index is 6.15. The summed E-state index contributed by atoms with van der Waals surface area (Å²) in [6.07, 6.45) is 0.729. The first kappa shape index (κ1) is 15.6. The smallest absolute Gasteiger partial charge is 0.119 e. The highest BCUT2D eigenvalue weighted by atomic mass is 35.5. The second kappa shape index (κ2) is 6.88. The van der Waals surface area contributed by atoms with Crippen LogP contribution < -0.4 is 10.1 Å². The maximum atomic E-state index is 6.15. The number of halogens is 2. The first-order valence-corrected chi connectivity index (χ1v) is 7.93. The molecule has 1 aliphatic heterocycles. The summed E-state index contributed by atoms with van der Waals surface area (Å²) in [5.74, 6) is 0.859. The first-order valence-electron chi connectivity index (χ1n) is 7.18. The lowest BCUT2D eigenvalue weighted by Crippen LogP contribution is -2.32. The molecule has 1 unspecified atom stereocenters. The molecule has 1 N–H and O–H groups in total. The molecule has 3 nitrogen and oxygen atoms in total. The lowest BCUT2D eigenvalue weighted by atomic mass is 9.91. The third kappa shape index (κ3) is 3.39. The number of nitrogens with one attached hydrogen (secondary N) is 1. The number of rotatable bonds is 5. The van der Waals surface area contributed by atoms with Crippen LogP contribution in [0, 0.1) is 0 Å². The number of hydrogen-bond acceptors (Lipinski definition) is 3. The van der Waals surface area contributed by atoms with Gasteiger partial charge in [-0.05, 0) is 29.8 Å². The van der Waals surface area contributed by atoms with Crippen molar-refractivity contribution < 1.29 is 9.47 Å². The van der Waals surface area contributed by atoms with Crippen LogP contribution in [-0.2, 0) is 10.3 Å². The van der Waals surface area contributed by atoms with Crippen molar-refractivity contribution >= 4 is 23.2 Å². The van der Waals surface area contributed by atoms with E-state index in [1.165, 1.54) is 0 Å². The molecule has 3 rings (SSSR count). The van der Waals surface area contributed by atoms with E-state index in [4.69, 9.17) is 32.7 Å². The molecule has 1 atom stereocenters. The van der Waals surface area contributed by atoms with Crippen LogP contribution in [0.25, 0.3) is 0 Å². The van der Waals surface area contributed by atoms with E-state index in [1.54, 1.807) is 6.07 Å². The van der Waals surface area contributed by atoms with Crippen LogP contribution in [0.1, 0.15) is 12.0 Å². The van der Waals surface area contributed by atoms with E-state index in [2.05, 4.69) is 5.32 Å². The van der Waals surface area contributed by atoms with Crippen LogP contribution in [0.3, 0.4) is 0 Å². The summed E-state index contributed by atoms with van der Waals surface area (Å²) in [7, 11) is 0. The van der Waals surface area contributed by atoms with E-state index in [0.29, 0.717) is 23.4 Å². The molecule has 1 saturated heterocycles. The minimum atomic E-state index is -0.428. The summed E-state index contributed by atoms with van der Waals surface area (Å²) in [5, 5.41) is 4.33. The molecule has 1 heterocycles. The van der Waals surface area contributed by atoms with Crippen LogP contribution in [0.5, 0.6) is 5.75 Å². The van der Waals surface area contributed by atoms with Gasteiger partial charge in [0.15, 0.2) is 0 Å². The van der Waals surface area contributed by atoms with Gasteiger partial charge in [-0.15, -0.1) is 0 Å². The number of benzene rings is 2. The quantitative estimate of drug-likeness (QED) is 0.885. The van der Waals surface area contributed by atoms with E-state index in [1.807, 2.05) is 42.5 Å². The van der Waals surface area contributed by atoms with Gasteiger partial charge in [-0.3, -0.25) is 5.32 Å². The number of ether oxygens (including phenoxy) is 2. The summed E-state index contributed by atoms with van der Waals surface area (Å²) < 4.78 is 11.8. The lowest BCUT2D eigenvalue weighted by Gasteiger charge is -2.28. The van der Waals surface area contributed by atoms with Gasteiger partial charge in [0.05, 0.1) is 23.4 Å². The van der Waals surface area contributed by atoms with E-state index in [-0.39, 0.29) is 0 Å².